The predicted octanol–water partition coefficient (Wildman–Crippen LogP) is 3.32. The highest BCUT2D eigenvalue weighted by Gasteiger charge is 2.41. The molecule has 1 heterocycles. The number of halogens is 1. The molecule has 0 radical (unpaired) electrons. The molecule has 1 aliphatic rings. The second-order valence-electron chi connectivity index (χ2n) is 6.05. The van der Waals surface area contributed by atoms with Crippen molar-refractivity contribution in [3.63, 3.8) is 0 Å². The zero-order valence-corrected chi connectivity index (χ0v) is 15.4. The third-order valence-electron chi connectivity index (χ3n) is 5.16. The van der Waals surface area contributed by atoms with Crippen LogP contribution in [0.1, 0.15) is 45.1 Å². The van der Waals surface area contributed by atoms with Gasteiger partial charge in [0, 0.05) is 15.2 Å². The smallest absolute Gasteiger partial charge is 0.0434 e. The molecule has 0 aliphatic carbocycles. The summed E-state index contributed by atoms with van der Waals surface area (Å²) in [6, 6.07) is 9.11. The fraction of sp³-hybridized carbons (Fsp3) is 0.647. The van der Waals surface area contributed by atoms with E-state index in [4.69, 9.17) is 5.84 Å². The van der Waals surface area contributed by atoms with Crippen LogP contribution in [0, 0.1) is 3.57 Å². The Balaban J connectivity index is 2.20. The van der Waals surface area contributed by atoms with Gasteiger partial charge in [0.15, 0.2) is 0 Å². The van der Waals surface area contributed by atoms with Crippen molar-refractivity contribution in [3.05, 3.63) is 33.4 Å². The van der Waals surface area contributed by atoms with Gasteiger partial charge in [-0.3, -0.25) is 16.2 Å². The van der Waals surface area contributed by atoms with Crippen molar-refractivity contribution in [1.82, 2.24) is 10.3 Å². The standard InChI is InChI=1S/C17H28IN3/c1-3-17(4-2,21-11-5-6-12-21)16(20-19)13-14-7-9-15(18)10-8-14/h7-10,16,20H,3-6,11-13,19H2,1-2H3. The number of nitrogens with one attached hydrogen (secondary N) is 1. The SMILES string of the molecule is CCC(CC)(C(Cc1ccc(I)cc1)NN)N1CCCC1. The average Bonchev–Trinajstić information content (AvgIpc) is 3.04. The maximum absolute atomic E-state index is 5.98. The number of nitrogens with two attached hydrogens (primary N) is 1. The van der Waals surface area contributed by atoms with E-state index in [0.717, 1.165) is 19.3 Å². The Morgan fingerprint density at radius 2 is 1.76 bits per heavy atom. The van der Waals surface area contributed by atoms with Crippen LogP contribution in [-0.4, -0.2) is 29.6 Å². The Morgan fingerprint density at radius 3 is 2.24 bits per heavy atom. The Hall–Kier alpha value is -0.170. The molecule has 118 valence electrons. The van der Waals surface area contributed by atoms with E-state index >= 15 is 0 Å². The van der Waals surface area contributed by atoms with E-state index < -0.39 is 0 Å². The molecule has 1 unspecified atom stereocenters. The first-order chi connectivity index (χ1) is 10.2. The minimum Gasteiger partial charge on any atom is -0.296 e. The van der Waals surface area contributed by atoms with Crippen molar-refractivity contribution in [2.75, 3.05) is 13.1 Å². The molecule has 2 rings (SSSR count). The summed E-state index contributed by atoms with van der Waals surface area (Å²) >= 11 is 2.35. The van der Waals surface area contributed by atoms with E-state index in [-0.39, 0.29) is 5.54 Å². The summed E-state index contributed by atoms with van der Waals surface area (Å²) in [6.07, 6.45) is 5.92. The number of nitrogens with zero attached hydrogens (tertiary/aromatic N) is 1. The van der Waals surface area contributed by atoms with Crippen LogP contribution in [0.4, 0.5) is 0 Å². The minimum atomic E-state index is 0.175. The van der Waals surface area contributed by atoms with Gasteiger partial charge in [-0.25, -0.2) is 0 Å². The van der Waals surface area contributed by atoms with Gasteiger partial charge in [-0.15, -0.1) is 0 Å². The summed E-state index contributed by atoms with van der Waals surface area (Å²) in [5, 5.41) is 0. The van der Waals surface area contributed by atoms with E-state index in [0.29, 0.717) is 6.04 Å². The Morgan fingerprint density at radius 1 is 1.19 bits per heavy atom. The largest absolute Gasteiger partial charge is 0.296 e. The quantitative estimate of drug-likeness (QED) is 0.419. The van der Waals surface area contributed by atoms with Crippen molar-refractivity contribution in [2.45, 2.75) is 57.5 Å². The highest BCUT2D eigenvalue weighted by atomic mass is 127. The number of hydrogen-bond donors (Lipinski definition) is 2. The zero-order chi connectivity index (χ0) is 15.3. The van der Waals surface area contributed by atoms with Crippen LogP contribution in [0.25, 0.3) is 0 Å². The van der Waals surface area contributed by atoms with Crippen molar-refractivity contribution in [2.24, 2.45) is 5.84 Å². The summed E-state index contributed by atoms with van der Waals surface area (Å²) in [5.41, 5.74) is 4.68. The van der Waals surface area contributed by atoms with E-state index in [1.54, 1.807) is 0 Å². The summed E-state index contributed by atoms with van der Waals surface area (Å²) in [6.45, 7) is 7.04. The molecular weight excluding hydrogens is 373 g/mol. The lowest BCUT2D eigenvalue weighted by molar-refractivity contribution is 0.0620. The number of likely N-dealkylation sites (tertiary alicyclic amines) is 1. The third kappa shape index (κ3) is 3.78. The highest BCUT2D eigenvalue weighted by molar-refractivity contribution is 14.1. The molecule has 1 saturated heterocycles. The van der Waals surface area contributed by atoms with Crippen molar-refractivity contribution >= 4 is 22.6 Å². The lowest BCUT2D eigenvalue weighted by Crippen LogP contribution is -2.62. The van der Waals surface area contributed by atoms with Gasteiger partial charge in [0.1, 0.15) is 0 Å². The predicted molar refractivity (Wildman–Crippen MR) is 98.1 cm³/mol. The monoisotopic (exact) mass is 401 g/mol. The van der Waals surface area contributed by atoms with Crippen LogP contribution in [0.2, 0.25) is 0 Å². The first-order valence-corrected chi connectivity index (χ1v) is 9.19. The molecule has 3 nitrogen and oxygen atoms in total. The van der Waals surface area contributed by atoms with E-state index in [1.807, 2.05) is 0 Å². The maximum atomic E-state index is 5.98. The van der Waals surface area contributed by atoms with Crippen LogP contribution in [-0.2, 0) is 6.42 Å². The van der Waals surface area contributed by atoms with Gasteiger partial charge in [-0.2, -0.15) is 0 Å². The van der Waals surface area contributed by atoms with Gasteiger partial charge in [-0.05, 0) is 85.5 Å². The fourth-order valence-electron chi connectivity index (χ4n) is 3.83. The lowest BCUT2D eigenvalue weighted by atomic mass is 9.80. The molecule has 0 amide bonds. The van der Waals surface area contributed by atoms with Gasteiger partial charge in [0.25, 0.3) is 0 Å². The molecule has 4 heteroatoms. The summed E-state index contributed by atoms with van der Waals surface area (Å²) in [7, 11) is 0. The molecule has 21 heavy (non-hydrogen) atoms. The third-order valence-corrected chi connectivity index (χ3v) is 5.88. The maximum Gasteiger partial charge on any atom is 0.0434 e. The number of rotatable bonds is 7. The average molecular weight is 401 g/mol. The minimum absolute atomic E-state index is 0.175. The first kappa shape index (κ1) is 17.2. The van der Waals surface area contributed by atoms with Crippen molar-refractivity contribution in [3.8, 4) is 0 Å². The molecule has 1 aromatic carbocycles. The molecule has 0 bridgehead atoms. The van der Waals surface area contributed by atoms with Gasteiger partial charge < -0.3 is 0 Å². The van der Waals surface area contributed by atoms with Crippen LogP contribution in [0.3, 0.4) is 0 Å². The molecule has 1 aromatic rings. The normalized spacial score (nSPS) is 18.1. The molecule has 3 N–H and O–H groups in total. The number of benzene rings is 1. The first-order valence-electron chi connectivity index (χ1n) is 8.12. The highest BCUT2D eigenvalue weighted by Crippen LogP contribution is 2.32. The van der Waals surface area contributed by atoms with Gasteiger partial charge in [-0.1, -0.05) is 26.0 Å². The number of hydrogen-bond acceptors (Lipinski definition) is 3. The van der Waals surface area contributed by atoms with E-state index in [9.17, 15) is 0 Å². The Bertz CT molecular complexity index is 422. The molecule has 1 atom stereocenters. The van der Waals surface area contributed by atoms with Crippen molar-refractivity contribution in [1.29, 1.82) is 0 Å². The van der Waals surface area contributed by atoms with Crippen LogP contribution in [0.5, 0.6) is 0 Å². The van der Waals surface area contributed by atoms with Gasteiger partial charge in [0.05, 0.1) is 0 Å². The zero-order valence-electron chi connectivity index (χ0n) is 13.2. The van der Waals surface area contributed by atoms with E-state index in [2.05, 4.69) is 71.0 Å². The second kappa shape index (κ2) is 7.90. The molecule has 0 saturated carbocycles. The van der Waals surface area contributed by atoms with Crippen LogP contribution in [0.15, 0.2) is 24.3 Å². The fourth-order valence-corrected chi connectivity index (χ4v) is 4.19. The van der Waals surface area contributed by atoms with E-state index in [1.165, 1.54) is 35.1 Å². The van der Waals surface area contributed by atoms with Gasteiger partial charge in [0.2, 0.25) is 0 Å². The van der Waals surface area contributed by atoms with Crippen LogP contribution >= 0.6 is 22.6 Å². The Kier molecular flexibility index (Phi) is 6.47. The molecule has 0 spiro atoms. The molecular formula is C17H28IN3. The molecule has 1 fully saturated rings. The summed E-state index contributed by atoms with van der Waals surface area (Å²) in [5.74, 6) is 5.98. The lowest BCUT2D eigenvalue weighted by Gasteiger charge is -2.46. The Labute approximate surface area is 142 Å². The van der Waals surface area contributed by atoms with Gasteiger partial charge >= 0.3 is 0 Å². The molecule has 1 aliphatic heterocycles. The topological polar surface area (TPSA) is 41.3 Å². The summed E-state index contributed by atoms with van der Waals surface area (Å²) < 4.78 is 1.28. The van der Waals surface area contributed by atoms with Crippen LogP contribution < -0.4 is 11.3 Å². The molecule has 0 aromatic heterocycles. The summed E-state index contributed by atoms with van der Waals surface area (Å²) in [4.78, 5) is 2.67. The number of hydrazine groups is 1. The van der Waals surface area contributed by atoms with Crippen molar-refractivity contribution < 1.29 is 0 Å². The second-order valence-corrected chi connectivity index (χ2v) is 7.30.